The van der Waals surface area contributed by atoms with Gasteiger partial charge in [0.1, 0.15) is 0 Å². The predicted octanol–water partition coefficient (Wildman–Crippen LogP) is 3.46. The number of hydrogen-bond donors (Lipinski definition) is 2. The van der Waals surface area contributed by atoms with Crippen molar-refractivity contribution in [3.05, 3.63) is 90.0 Å². The molecule has 178 valence electrons. The largest absolute Gasteiger partial charge is 0.490 e. The third-order valence-electron chi connectivity index (χ3n) is 5.58. The smallest absolute Gasteiger partial charge is 0.240 e. The average molecular weight is 481 g/mol. The van der Waals surface area contributed by atoms with Crippen LogP contribution in [0.4, 0.5) is 0 Å². The SMILES string of the molecule is O=C(CCNS(=O)(=O)c1ccc2c(c1)OCCCO2)NCC(c1ccccc1)c1ccccc1. The third kappa shape index (κ3) is 6.15. The molecular formula is C26H28N2O5S. The van der Waals surface area contributed by atoms with Gasteiger partial charge in [-0.3, -0.25) is 4.79 Å². The van der Waals surface area contributed by atoms with Gasteiger partial charge in [-0.25, -0.2) is 13.1 Å². The molecular weight excluding hydrogens is 452 g/mol. The van der Waals surface area contributed by atoms with Gasteiger partial charge in [-0.2, -0.15) is 0 Å². The van der Waals surface area contributed by atoms with Crippen molar-refractivity contribution in [3.8, 4) is 11.5 Å². The first-order valence-corrected chi connectivity index (χ1v) is 12.8. The lowest BCUT2D eigenvalue weighted by atomic mass is 9.91. The van der Waals surface area contributed by atoms with Crippen molar-refractivity contribution in [2.75, 3.05) is 26.3 Å². The number of benzene rings is 3. The Labute approximate surface area is 200 Å². The molecule has 0 atom stereocenters. The summed E-state index contributed by atoms with van der Waals surface area (Å²) in [7, 11) is -3.78. The predicted molar refractivity (Wildman–Crippen MR) is 130 cm³/mol. The molecule has 3 aromatic carbocycles. The zero-order valence-electron chi connectivity index (χ0n) is 18.8. The van der Waals surface area contributed by atoms with E-state index in [-0.39, 0.29) is 29.7 Å². The number of hydrogen-bond acceptors (Lipinski definition) is 5. The van der Waals surface area contributed by atoms with E-state index >= 15 is 0 Å². The van der Waals surface area contributed by atoms with Crippen LogP contribution in [0, 0.1) is 0 Å². The number of carbonyl (C=O) groups excluding carboxylic acids is 1. The number of ether oxygens (including phenoxy) is 2. The minimum atomic E-state index is -3.78. The number of sulfonamides is 1. The molecule has 3 aromatic rings. The van der Waals surface area contributed by atoms with Gasteiger partial charge in [0, 0.05) is 37.9 Å². The summed E-state index contributed by atoms with van der Waals surface area (Å²) in [6, 6.07) is 24.5. The Morgan fingerprint density at radius 1 is 0.853 bits per heavy atom. The number of fused-ring (bicyclic) bond motifs is 1. The number of amides is 1. The van der Waals surface area contributed by atoms with E-state index in [1.165, 1.54) is 12.1 Å². The van der Waals surface area contributed by atoms with Crippen LogP contribution in [0.25, 0.3) is 0 Å². The number of rotatable bonds is 9. The Hall–Kier alpha value is -3.36. The second kappa shape index (κ2) is 11.2. The number of nitrogens with one attached hydrogen (secondary N) is 2. The molecule has 0 radical (unpaired) electrons. The monoisotopic (exact) mass is 480 g/mol. The lowest BCUT2D eigenvalue weighted by molar-refractivity contribution is -0.120. The van der Waals surface area contributed by atoms with Crippen molar-refractivity contribution in [2.45, 2.75) is 23.7 Å². The van der Waals surface area contributed by atoms with Crippen LogP contribution in [0.5, 0.6) is 11.5 Å². The summed E-state index contributed by atoms with van der Waals surface area (Å²) >= 11 is 0. The topological polar surface area (TPSA) is 93.7 Å². The molecule has 0 saturated heterocycles. The maximum Gasteiger partial charge on any atom is 0.240 e. The van der Waals surface area contributed by atoms with Gasteiger partial charge in [-0.05, 0) is 23.3 Å². The van der Waals surface area contributed by atoms with Gasteiger partial charge < -0.3 is 14.8 Å². The van der Waals surface area contributed by atoms with Crippen LogP contribution in [0.1, 0.15) is 29.9 Å². The van der Waals surface area contributed by atoms with Gasteiger partial charge in [0.25, 0.3) is 0 Å². The maximum absolute atomic E-state index is 12.7. The lowest BCUT2D eigenvalue weighted by Crippen LogP contribution is -2.33. The van der Waals surface area contributed by atoms with Gasteiger partial charge in [0.15, 0.2) is 11.5 Å². The summed E-state index contributed by atoms with van der Waals surface area (Å²) in [6.45, 7) is 1.41. The molecule has 0 spiro atoms. The molecule has 0 fully saturated rings. The molecule has 2 N–H and O–H groups in total. The van der Waals surface area contributed by atoms with E-state index in [1.54, 1.807) is 6.07 Å². The Morgan fingerprint density at radius 2 is 1.47 bits per heavy atom. The van der Waals surface area contributed by atoms with Crippen LogP contribution in [0.15, 0.2) is 83.8 Å². The van der Waals surface area contributed by atoms with Crippen LogP contribution in [-0.4, -0.2) is 40.6 Å². The average Bonchev–Trinajstić information content (AvgIpc) is 3.10. The van der Waals surface area contributed by atoms with Crippen LogP contribution < -0.4 is 19.5 Å². The molecule has 1 heterocycles. The summed E-state index contributed by atoms with van der Waals surface area (Å²) in [5.41, 5.74) is 2.20. The molecule has 4 rings (SSSR count). The quantitative estimate of drug-likeness (QED) is 0.489. The molecule has 1 amide bonds. The minimum absolute atomic E-state index is 0.00448. The Bertz CT molecular complexity index is 1160. The summed E-state index contributed by atoms with van der Waals surface area (Å²) in [6.07, 6.45) is 0.764. The van der Waals surface area contributed by atoms with E-state index in [1.807, 2.05) is 60.7 Å². The first-order chi connectivity index (χ1) is 16.5. The maximum atomic E-state index is 12.7. The normalized spacial score (nSPS) is 13.3. The van der Waals surface area contributed by atoms with Crippen molar-refractivity contribution in [1.29, 1.82) is 0 Å². The van der Waals surface area contributed by atoms with Crippen molar-refractivity contribution in [1.82, 2.24) is 10.0 Å². The minimum Gasteiger partial charge on any atom is -0.490 e. The molecule has 0 aromatic heterocycles. The Kier molecular flexibility index (Phi) is 7.82. The van der Waals surface area contributed by atoms with E-state index in [2.05, 4.69) is 10.0 Å². The van der Waals surface area contributed by atoms with E-state index < -0.39 is 10.0 Å². The third-order valence-corrected chi connectivity index (χ3v) is 7.04. The molecule has 1 aliphatic heterocycles. The molecule has 34 heavy (non-hydrogen) atoms. The fourth-order valence-corrected chi connectivity index (χ4v) is 4.84. The van der Waals surface area contributed by atoms with Crippen LogP contribution in [-0.2, 0) is 14.8 Å². The van der Waals surface area contributed by atoms with Gasteiger partial charge >= 0.3 is 0 Å². The van der Waals surface area contributed by atoms with Crippen molar-refractivity contribution >= 4 is 15.9 Å². The van der Waals surface area contributed by atoms with Gasteiger partial charge in [0.2, 0.25) is 15.9 Å². The standard InChI is InChI=1S/C26H28N2O5S/c29-26(27-19-23(20-8-3-1-4-9-20)21-10-5-2-6-11-21)14-15-28-34(30,31)22-12-13-24-25(18-22)33-17-7-16-32-24/h1-6,8-13,18,23,28H,7,14-17,19H2,(H,27,29). The zero-order chi connectivity index (χ0) is 23.8. The van der Waals surface area contributed by atoms with E-state index in [0.717, 1.165) is 17.5 Å². The first-order valence-electron chi connectivity index (χ1n) is 11.3. The van der Waals surface area contributed by atoms with E-state index in [9.17, 15) is 13.2 Å². The molecule has 0 unspecified atom stereocenters. The molecule has 0 bridgehead atoms. The zero-order valence-corrected chi connectivity index (χ0v) is 19.6. The molecule has 8 heteroatoms. The summed E-state index contributed by atoms with van der Waals surface area (Å²) < 4.78 is 39.0. The van der Waals surface area contributed by atoms with Crippen molar-refractivity contribution in [2.24, 2.45) is 0 Å². The highest BCUT2D eigenvalue weighted by atomic mass is 32.2. The van der Waals surface area contributed by atoms with Crippen LogP contribution in [0.2, 0.25) is 0 Å². The highest BCUT2D eigenvalue weighted by Gasteiger charge is 2.19. The van der Waals surface area contributed by atoms with Crippen LogP contribution >= 0.6 is 0 Å². The first kappa shape index (κ1) is 23.8. The van der Waals surface area contributed by atoms with E-state index in [4.69, 9.17) is 9.47 Å². The summed E-state index contributed by atoms with van der Waals surface area (Å²) in [5, 5.41) is 2.94. The highest BCUT2D eigenvalue weighted by Crippen LogP contribution is 2.31. The fraction of sp³-hybridized carbons (Fsp3) is 0.269. The fourth-order valence-electron chi connectivity index (χ4n) is 3.80. The molecule has 0 saturated carbocycles. The van der Waals surface area contributed by atoms with Gasteiger partial charge in [-0.15, -0.1) is 0 Å². The molecule has 0 aliphatic carbocycles. The van der Waals surface area contributed by atoms with Crippen molar-refractivity contribution in [3.63, 3.8) is 0 Å². The van der Waals surface area contributed by atoms with Gasteiger partial charge in [0.05, 0.1) is 18.1 Å². The summed E-state index contributed by atoms with van der Waals surface area (Å²) in [5.74, 6) is 0.719. The lowest BCUT2D eigenvalue weighted by Gasteiger charge is -2.19. The molecule has 1 aliphatic rings. The molecule has 7 nitrogen and oxygen atoms in total. The van der Waals surface area contributed by atoms with Gasteiger partial charge in [-0.1, -0.05) is 60.7 Å². The Balaban J connectivity index is 1.32. The highest BCUT2D eigenvalue weighted by molar-refractivity contribution is 7.89. The second-order valence-corrected chi connectivity index (χ2v) is 9.75. The number of carbonyl (C=O) groups is 1. The van der Waals surface area contributed by atoms with Crippen molar-refractivity contribution < 1.29 is 22.7 Å². The van der Waals surface area contributed by atoms with Crippen LogP contribution in [0.3, 0.4) is 0 Å². The van der Waals surface area contributed by atoms with E-state index in [0.29, 0.717) is 31.3 Å². The second-order valence-electron chi connectivity index (χ2n) is 7.98. The Morgan fingerprint density at radius 3 is 2.12 bits per heavy atom. The summed E-state index contributed by atoms with van der Waals surface area (Å²) in [4.78, 5) is 12.6.